The molecular weight excluding hydrogens is 387 g/mol. The number of aromatic nitrogens is 7. The summed E-state index contributed by atoms with van der Waals surface area (Å²) in [5.74, 6) is -0.590. The monoisotopic (exact) mass is 404 g/mol. The molecule has 0 saturated carbocycles. The number of nitrogens with zero attached hydrogens (tertiary/aromatic N) is 7. The van der Waals surface area contributed by atoms with E-state index in [2.05, 4.69) is 30.8 Å². The Hall–Kier alpha value is -2.73. The van der Waals surface area contributed by atoms with Crippen LogP contribution in [0.1, 0.15) is 31.7 Å². The van der Waals surface area contributed by atoms with Crippen LogP contribution in [0, 0.1) is 5.82 Å². The number of aromatic amines is 1. The van der Waals surface area contributed by atoms with E-state index in [9.17, 15) is 12.8 Å². The highest BCUT2D eigenvalue weighted by Crippen LogP contribution is 2.43. The molecule has 5 rings (SSSR count). The minimum Gasteiger partial charge on any atom is -0.207 e. The lowest BCUT2D eigenvalue weighted by molar-refractivity contribution is 0.174. The van der Waals surface area contributed by atoms with Crippen LogP contribution in [0.15, 0.2) is 35.5 Å². The lowest BCUT2D eigenvalue weighted by atomic mass is 10.0. The molecule has 2 aliphatic rings. The molecule has 0 spiro atoms. The van der Waals surface area contributed by atoms with Crippen molar-refractivity contribution >= 4 is 10.0 Å². The average Bonchev–Trinajstić information content (AvgIpc) is 3.43. The zero-order valence-corrected chi connectivity index (χ0v) is 15.5. The smallest absolute Gasteiger partial charge is 0.207 e. The van der Waals surface area contributed by atoms with Gasteiger partial charge in [-0.2, -0.15) is 24.5 Å². The first-order valence-electron chi connectivity index (χ1n) is 8.97. The fourth-order valence-corrected chi connectivity index (χ4v) is 6.25. The van der Waals surface area contributed by atoms with Gasteiger partial charge < -0.3 is 0 Å². The normalized spacial score (nSPS) is 25.2. The molecule has 2 bridgehead atoms. The fraction of sp³-hybridized carbons (Fsp3) is 0.438. The SMILES string of the molecule is O=S(=O)(c1ccc(F)c(-c2nn[nH]n2)c1)N1C2CCC1CC(n1nccn1)C2. The van der Waals surface area contributed by atoms with Gasteiger partial charge in [-0.15, -0.1) is 10.2 Å². The second kappa shape index (κ2) is 6.41. The van der Waals surface area contributed by atoms with Gasteiger partial charge in [0, 0.05) is 12.1 Å². The van der Waals surface area contributed by atoms with E-state index in [-0.39, 0.29) is 34.4 Å². The molecule has 2 saturated heterocycles. The van der Waals surface area contributed by atoms with Gasteiger partial charge in [-0.05, 0) is 49.1 Å². The highest BCUT2D eigenvalue weighted by molar-refractivity contribution is 7.89. The Morgan fingerprint density at radius 2 is 1.79 bits per heavy atom. The standard InChI is InChI=1S/C16H17FN8O2S/c17-15-4-3-13(9-14(15)16-20-22-23-21-16)28(26,27)24-10-1-2-11(24)8-12(7-10)25-18-5-6-19-25/h3-6,9-12H,1-2,7-8H2,(H,20,21,22,23). The summed E-state index contributed by atoms with van der Waals surface area (Å²) in [6.45, 7) is 0. The number of halogens is 1. The van der Waals surface area contributed by atoms with Crippen LogP contribution >= 0.6 is 0 Å². The maximum atomic E-state index is 14.2. The molecule has 2 unspecified atom stereocenters. The second-order valence-electron chi connectivity index (χ2n) is 7.07. The lowest BCUT2D eigenvalue weighted by Crippen LogP contribution is -2.47. The van der Waals surface area contributed by atoms with Gasteiger partial charge in [0.2, 0.25) is 15.8 Å². The van der Waals surface area contributed by atoms with Gasteiger partial charge in [-0.25, -0.2) is 12.8 Å². The van der Waals surface area contributed by atoms with Crippen LogP contribution in [0.3, 0.4) is 0 Å². The third-order valence-electron chi connectivity index (χ3n) is 5.50. The van der Waals surface area contributed by atoms with Crippen molar-refractivity contribution in [3.63, 3.8) is 0 Å². The van der Waals surface area contributed by atoms with E-state index in [0.29, 0.717) is 12.8 Å². The Balaban J connectivity index is 1.48. The lowest BCUT2D eigenvalue weighted by Gasteiger charge is -2.37. The highest BCUT2D eigenvalue weighted by Gasteiger charge is 2.48. The van der Waals surface area contributed by atoms with Crippen molar-refractivity contribution in [2.75, 3.05) is 0 Å². The van der Waals surface area contributed by atoms with Crippen molar-refractivity contribution in [2.24, 2.45) is 0 Å². The summed E-state index contributed by atoms with van der Waals surface area (Å²) >= 11 is 0. The third-order valence-corrected chi connectivity index (χ3v) is 7.50. The van der Waals surface area contributed by atoms with Crippen molar-refractivity contribution in [1.29, 1.82) is 0 Å². The van der Waals surface area contributed by atoms with E-state index in [1.807, 2.05) is 0 Å². The number of hydrogen-bond acceptors (Lipinski definition) is 7. The van der Waals surface area contributed by atoms with Gasteiger partial charge in [-0.1, -0.05) is 0 Å². The summed E-state index contributed by atoms with van der Waals surface area (Å²) < 4.78 is 42.5. The molecule has 10 nitrogen and oxygen atoms in total. The molecule has 2 fully saturated rings. The molecule has 0 amide bonds. The minimum absolute atomic E-state index is 0.00204. The number of rotatable bonds is 4. The van der Waals surface area contributed by atoms with E-state index in [1.165, 1.54) is 12.1 Å². The predicted octanol–water partition coefficient (Wildman–Crippen LogP) is 1.15. The van der Waals surface area contributed by atoms with Gasteiger partial charge in [0.05, 0.1) is 28.9 Å². The molecule has 1 aromatic carbocycles. The Bertz CT molecular complexity index is 1070. The number of tetrazole rings is 1. The molecule has 0 aliphatic carbocycles. The number of nitrogens with one attached hydrogen (secondary N) is 1. The zero-order chi connectivity index (χ0) is 19.3. The summed E-state index contributed by atoms with van der Waals surface area (Å²) in [5, 5.41) is 21.6. The van der Waals surface area contributed by atoms with Crippen molar-refractivity contribution in [3.05, 3.63) is 36.4 Å². The number of H-pyrrole nitrogens is 1. The van der Waals surface area contributed by atoms with Crippen LogP contribution in [0.5, 0.6) is 0 Å². The first-order valence-corrected chi connectivity index (χ1v) is 10.4. The second-order valence-corrected chi connectivity index (χ2v) is 8.91. The van der Waals surface area contributed by atoms with Crippen molar-refractivity contribution in [3.8, 4) is 11.4 Å². The van der Waals surface area contributed by atoms with Gasteiger partial charge in [0.15, 0.2) is 0 Å². The van der Waals surface area contributed by atoms with Crippen molar-refractivity contribution in [1.82, 2.24) is 39.9 Å². The molecule has 12 heteroatoms. The average molecular weight is 404 g/mol. The number of piperidine rings is 1. The maximum absolute atomic E-state index is 14.2. The van der Waals surface area contributed by atoms with E-state index in [4.69, 9.17) is 0 Å². The molecule has 0 radical (unpaired) electrons. The van der Waals surface area contributed by atoms with Gasteiger partial charge in [0.1, 0.15) is 5.82 Å². The van der Waals surface area contributed by atoms with Crippen molar-refractivity contribution < 1.29 is 12.8 Å². The first-order chi connectivity index (χ1) is 13.5. The number of sulfonamides is 1. The van der Waals surface area contributed by atoms with E-state index >= 15 is 0 Å². The van der Waals surface area contributed by atoms with Crippen LogP contribution in [0.2, 0.25) is 0 Å². The number of benzene rings is 1. The summed E-state index contributed by atoms with van der Waals surface area (Å²) in [4.78, 5) is 1.70. The van der Waals surface area contributed by atoms with E-state index < -0.39 is 15.8 Å². The van der Waals surface area contributed by atoms with Gasteiger partial charge >= 0.3 is 0 Å². The Morgan fingerprint density at radius 1 is 1.07 bits per heavy atom. The highest BCUT2D eigenvalue weighted by atomic mass is 32.2. The predicted molar refractivity (Wildman–Crippen MR) is 93.7 cm³/mol. The maximum Gasteiger partial charge on any atom is 0.243 e. The van der Waals surface area contributed by atoms with Crippen LogP contribution in [0.25, 0.3) is 11.4 Å². The van der Waals surface area contributed by atoms with Gasteiger partial charge in [0.25, 0.3) is 0 Å². The van der Waals surface area contributed by atoms with Crippen LogP contribution in [0.4, 0.5) is 4.39 Å². The molecule has 146 valence electrons. The van der Waals surface area contributed by atoms with E-state index in [0.717, 1.165) is 18.9 Å². The molecule has 2 atom stereocenters. The number of fused-ring (bicyclic) bond motifs is 2. The molecule has 1 N–H and O–H groups in total. The molecule has 3 aromatic rings. The topological polar surface area (TPSA) is 123 Å². The third kappa shape index (κ3) is 2.71. The van der Waals surface area contributed by atoms with Crippen LogP contribution < -0.4 is 0 Å². The molecular formula is C16H17FN8O2S. The minimum atomic E-state index is -3.79. The quantitative estimate of drug-likeness (QED) is 0.692. The summed E-state index contributed by atoms with van der Waals surface area (Å²) in [6, 6.07) is 3.52. The van der Waals surface area contributed by atoms with Crippen molar-refractivity contribution in [2.45, 2.75) is 48.7 Å². The first kappa shape index (κ1) is 17.4. The zero-order valence-electron chi connectivity index (χ0n) is 14.7. The van der Waals surface area contributed by atoms with Gasteiger partial charge in [-0.3, -0.25) is 0 Å². The molecule has 2 aromatic heterocycles. The summed E-state index contributed by atoms with van der Waals surface area (Å²) in [6.07, 6.45) is 6.15. The fourth-order valence-electron chi connectivity index (χ4n) is 4.33. The van der Waals surface area contributed by atoms with Crippen LogP contribution in [-0.4, -0.2) is 60.4 Å². The summed E-state index contributed by atoms with van der Waals surface area (Å²) in [7, 11) is -3.79. The summed E-state index contributed by atoms with van der Waals surface area (Å²) in [5.41, 5.74) is -0.00204. The van der Waals surface area contributed by atoms with Crippen LogP contribution in [-0.2, 0) is 10.0 Å². The Labute approximate surface area is 159 Å². The Morgan fingerprint density at radius 3 is 2.43 bits per heavy atom. The van der Waals surface area contributed by atoms with E-state index in [1.54, 1.807) is 21.5 Å². The molecule has 2 aliphatic heterocycles. The molecule has 4 heterocycles. The largest absolute Gasteiger partial charge is 0.243 e. The Kier molecular flexibility index (Phi) is 3.98. The number of hydrogen-bond donors (Lipinski definition) is 1. The molecule has 28 heavy (non-hydrogen) atoms.